The van der Waals surface area contributed by atoms with Crippen molar-refractivity contribution in [2.75, 3.05) is 13.7 Å². The molecule has 156 valence electrons. The summed E-state index contributed by atoms with van der Waals surface area (Å²) in [5.74, 6) is 0.686. The molecule has 0 atom stereocenters. The summed E-state index contributed by atoms with van der Waals surface area (Å²) >= 11 is 0. The summed E-state index contributed by atoms with van der Waals surface area (Å²) in [6, 6.07) is 22.3. The zero-order chi connectivity index (χ0) is 21.6. The summed E-state index contributed by atoms with van der Waals surface area (Å²) in [6.07, 6.45) is 2.24. The Hall–Kier alpha value is -3.93. The maximum atomic E-state index is 12.6. The lowest BCUT2D eigenvalue weighted by molar-refractivity contribution is 0.0954. The number of carbonyl (C=O) groups is 1. The molecule has 6 nitrogen and oxygen atoms in total. The van der Waals surface area contributed by atoms with E-state index >= 15 is 0 Å². The molecule has 0 aliphatic rings. The van der Waals surface area contributed by atoms with Crippen molar-refractivity contribution in [1.29, 1.82) is 0 Å². The normalized spacial score (nSPS) is 10.7. The van der Waals surface area contributed by atoms with Gasteiger partial charge in [0.15, 0.2) is 0 Å². The van der Waals surface area contributed by atoms with Crippen LogP contribution in [-0.2, 0) is 13.0 Å². The summed E-state index contributed by atoms with van der Waals surface area (Å²) in [5, 5.41) is 3.53. The summed E-state index contributed by atoms with van der Waals surface area (Å²) in [5.41, 5.74) is 3.15. The first-order valence-corrected chi connectivity index (χ1v) is 10.1. The molecule has 0 saturated carbocycles. The molecule has 0 fully saturated rings. The molecule has 1 amide bonds. The highest BCUT2D eigenvalue weighted by Gasteiger charge is 2.08. The molecule has 31 heavy (non-hydrogen) atoms. The van der Waals surface area contributed by atoms with Gasteiger partial charge in [0.1, 0.15) is 5.75 Å². The monoisotopic (exact) mass is 413 g/mol. The van der Waals surface area contributed by atoms with Gasteiger partial charge in [-0.15, -0.1) is 0 Å². The number of amides is 1. The van der Waals surface area contributed by atoms with Crippen LogP contribution in [0, 0.1) is 0 Å². The van der Waals surface area contributed by atoms with Gasteiger partial charge in [-0.25, -0.2) is 4.98 Å². The first-order chi connectivity index (χ1) is 15.2. The Morgan fingerprint density at radius 1 is 1.00 bits per heavy atom. The molecule has 0 saturated heterocycles. The molecule has 0 unspecified atom stereocenters. The molecule has 1 heterocycles. The second-order valence-corrected chi connectivity index (χ2v) is 7.21. The van der Waals surface area contributed by atoms with Crippen molar-refractivity contribution < 1.29 is 9.53 Å². The van der Waals surface area contributed by atoms with Crippen molar-refractivity contribution >= 4 is 16.8 Å². The third-order valence-corrected chi connectivity index (χ3v) is 5.17. The predicted octanol–water partition coefficient (Wildman–Crippen LogP) is 3.43. The standard InChI is InChI=1S/C25H23N3O3/c1-31-23-9-5-2-6-19(23)14-15-26-24(29)20-12-10-18(11-13-20)16-28-17-27-22-8-4-3-7-21(22)25(28)30/h2-13,17H,14-16H2,1H3,(H,26,29). The van der Waals surface area contributed by atoms with E-state index in [9.17, 15) is 9.59 Å². The maximum absolute atomic E-state index is 12.6. The average molecular weight is 413 g/mol. The minimum absolute atomic E-state index is 0.0799. The second kappa shape index (κ2) is 9.26. The first kappa shape index (κ1) is 20.3. The lowest BCUT2D eigenvalue weighted by Gasteiger charge is -2.10. The van der Waals surface area contributed by atoms with Crippen LogP contribution in [-0.4, -0.2) is 29.1 Å². The van der Waals surface area contributed by atoms with Crippen LogP contribution in [0.2, 0.25) is 0 Å². The van der Waals surface area contributed by atoms with Crippen molar-refractivity contribution in [1.82, 2.24) is 14.9 Å². The number of hydrogen-bond donors (Lipinski definition) is 1. The van der Waals surface area contributed by atoms with E-state index < -0.39 is 0 Å². The number of fused-ring (bicyclic) bond motifs is 1. The van der Waals surface area contributed by atoms with Crippen LogP contribution in [0.15, 0.2) is 83.9 Å². The number of para-hydroxylation sites is 2. The molecule has 0 bridgehead atoms. The topological polar surface area (TPSA) is 73.2 Å². The van der Waals surface area contributed by atoms with Crippen LogP contribution in [0.4, 0.5) is 0 Å². The quantitative estimate of drug-likeness (QED) is 0.504. The van der Waals surface area contributed by atoms with E-state index in [-0.39, 0.29) is 11.5 Å². The van der Waals surface area contributed by atoms with E-state index in [4.69, 9.17) is 4.74 Å². The van der Waals surface area contributed by atoms with Crippen LogP contribution in [0.3, 0.4) is 0 Å². The Bertz CT molecular complexity index is 1260. The summed E-state index contributed by atoms with van der Waals surface area (Å²) in [7, 11) is 1.64. The molecule has 6 heteroatoms. The van der Waals surface area contributed by atoms with Crippen molar-refractivity contribution in [3.63, 3.8) is 0 Å². The number of nitrogens with zero attached hydrogens (tertiary/aromatic N) is 2. The Labute approximate surface area is 180 Å². The summed E-state index contributed by atoms with van der Waals surface area (Å²) in [4.78, 5) is 29.4. The van der Waals surface area contributed by atoms with E-state index in [1.54, 1.807) is 36.2 Å². The van der Waals surface area contributed by atoms with Crippen molar-refractivity contribution in [3.8, 4) is 5.75 Å². The van der Waals surface area contributed by atoms with Crippen molar-refractivity contribution in [2.24, 2.45) is 0 Å². The highest BCUT2D eigenvalue weighted by atomic mass is 16.5. The fourth-order valence-corrected chi connectivity index (χ4v) is 3.50. The Kier molecular flexibility index (Phi) is 6.08. The second-order valence-electron chi connectivity index (χ2n) is 7.21. The number of ether oxygens (including phenoxy) is 1. The Morgan fingerprint density at radius 2 is 1.74 bits per heavy atom. The lowest BCUT2D eigenvalue weighted by Crippen LogP contribution is -2.26. The molecule has 3 aromatic carbocycles. The number of carbonyl (C=O) groups excluding carboxylic acids is 1. The minimum atomic E-state index is -0.133. The van der Waals surface area contributed by atoms with E-state index in [1.165, 1.54) is 0 Å². The third-order valence-electron chi connectivity index (χ3n) is 5.17. The van der Waals surface area contributed by atoms with Gasteiger partial charge in [-0.05, 0) is 47.9 Å². The predicted molar refractivity (Wildman–Crippen MR) is 121 cm³/mol. The molecule has 0 aliphatic carbocycles. The number of nitrogens with one attached hydrogen (secondary N) is 1. The average Bonchev–Trinajstić information content (AvgIpc) is 2.82. The lowest BCUT2D eigenvalue weighted by atomic mass is 10.1. The number of rotatable bonds is 7. The van der Waals surface area contributed by atoms with Gasteiger partial charge in [0, 0.05) is 12.1 Å². The van der Waals surface area contributed by atoms with Crippen LogP contribution in [0.25, 0.3) is 10.9 Å². The van der Waals surface area contributed by atoms with Gasteiger partial charge < -0.3 is 10.1 Å². The highest BCUT2D eigenvalue weighted by molar-refractivity contribution is 5.94. The van der Waals surface area contributed by atoms with E-state index in [2.05, 4.69) is 10.3 Å². The fraction of sp³-hybridized carbons (Fsp3) is 0.160. The third kappa shape index (κ3) is 4.64. The molecule has 1 N–H and O–H groups in total. The van der Waals surface area contributed by atoms with Crippen LogP contribution in [0.5, 0.6) is 5.75 Å². The molecule has 0 aliphatic heterocycles. The number of aromatic nitrogens is 2. The Morgan fingerprint density at radius 3 is 2.55 bits per heavy atom. The molecular weight excluding hydrogens is 390 g/mol. The first-order valence-electron chi connectivity index (χ1n) is 10.1. The van der Waals surface area contributed by atoms with Gasteiger partial charge in [0.05, 0.1) is 30.9 Å². The van der Waals surface area contributed by atoms with Crippen molar-refractivity contribution in [2.45, 2.75) is 13.0 Å². The summed E-state index contributed by atoms with van der Waals surface area (Å²) in [6.45, 7) is 0.908. The van der Waals surface area contributed by atoms with Crippen LogP contribution >= 0.6 is 0 Å². The Balaban J connectivity index is 1.38. The fourth-order valence-electron chi connectivity index (χ4n) is 3.50. The zero-order valence-corrected chi connectivity index (χ0v) is 17.2. The van der Waals surface area contributed by atoms with E-state index in [1.807, 2.05) is 54.6 Å². The summed E-state index contributed by atoms with van der Waals surface area (Å²) < 4.78 is 6.91. The van der Waals surface area contributed by atoms with Gasteiger partial charge in [0.25, 0.3) is 11.5 Å². The number of methoxy groups -OCH3 is 1. The van der Waals surface area contributed by atoms with Crippen LogP contribution < -0.4 is 15.6 Å². The van der Waals surface area contributed by atoms with Gasteiger partial charge in [-0.1, -0.05) is 42.5 Å². The molecule has 4 aromatic rings. The highest BCUT2D eigenvalue weighted by Crippen LogP contribution is 2.17. The molecule has 1 aromatic heterocycles. The van der Waals surface area contributed by atoms with Crippen molar-refractivity contribution in [3.05, 3.63) is 106 Å². The van der Waals surface area contributed by atoms with Gasteiger partial charge in [-0.2, -0.15) is 0 Å². The van der Waals surface area contributed by atoms with E-state index in [0.29, 0.717) is 36.0 Å². The smallest absolute Gasteiger partial charge is 0.261 e. The molecule has 0 spiro atoms. The van der Waals surface area contributed by atoms with Crippen LogP contribution in [0.1, 0.15) is 21.5 Å². The molecule has 4 rings (SSSR count). The maximum Gasteiger partial charge on any atom is 0.261 e. The van der Waals surface area contributed by atoms with Gasteiger partial charge in [-0.3, -0.25) is 14.2 Å². The minimum Gasteiger partial charge on any atom is -0.496 e. The van der Waals surface area contributed by atoms with Gasteiger partial charge in [0.2, 0.25) is 0 Å². The largest absolute Gasteiger partial charge is 0.496 e. The SMILES string of the molecule is COc1ccccc1CCNC(=O)c1ccc(Cn2cnc3ccccc3c2=O)cc1. The zero-order valence-electron chi connectivity index (χ0n) is 17.2. The van der Waals surface area contributed by atoms with E-state index in [0.717, 1.165) is 16.9 Å². The number of benzene rings is 3. The van der Waals surface area contributed by atoms with Gasteiger partial charge >= 0.3 is 0 Å². The molecular formula is C25H23N3O3. The number of hydrogen-bond acceptors (Lipinski definition) is 4. The molecule has 0 radical (unpaired) electrons.